The summed E-state index contributed by atoms with van der Waals surface area (Å²) in [5.41, 5.74) is 2.79. The van der Waals surface area contributed by atoms with E-state index in [-0.39, 0.29) is 16.6 Å². The van der Waals surface area contributed by atoms with Gasteiger partial charge in [0.15, 0.2) is 0 Å². The third-order valence-corrected chi connectivity index (χ3v) is 7.13. The number of aryl methyl sites for hydroxylation is 2. The zero-order valence-electron chi connectivity index (χ0n) is 16.5. The predicted octanol–water partition coefficient (Wildman–Crippen LogP) is 3.85. The van der Waals surface area contributed by atoms with E-state index in [0.717, 1.165) is 47.2 Å². The molecule has 8 heteroatoms. The maximum absolute atomic E-state index is 13.4. The Balaban J connectivity index is 1.47. The molecule has 1 N–H and O–H groups in total. The summed E-state index contributed by atoms with van der Waals surface area (Å²) in [5, 5.41) is 4.00. The highest BCUT2D eigenvalue weighted by atomic mass is 35.5. The minimum absolute atomic E-state index is 0.0155. The van der Waals surface area contributed by atoms with E-state index in [1.165, 1.54) is 11.3 Å². The summed E-state index contributed by atoms with van der Waals surface area (Å²) in [5.74, 6) is 0. The van der Waals surface area contributed by atoms with Gasteiger partial charge in [-0.05, 0) is 62.7 Å². The molecule has 1 fully saturated rings. The van der Waals surface area contributed by atoms with Crippen molar-refractivity contribution in [1.82, 2.24) is 19.0 Å². The van der Waals surface area contributed by atoms with Gasteiger partial charge in [0.1, 0.15) is 0 Å². The first kappa shape index (κ1) is 19.6. The first-order chi connectivity index (χ1) is 14.6. The molecule has 1 saturated heterocycles. The molecule has 5 rings (SSSR count). The van der Waals surface area contributed by atoms with Crippen LogP contribution in [-0.4, -0.2) is 26.8 Å². The lowest BCUT2D eigenvalue weighted by atomic mass is 10.1. The monoisotopic (exact) mass is 442 g/mol. The SMILES string of the molecule is O=c1sc2ccccc2n1CCCn1c(=O)n(C2CCNCC2)c2cc(Cl)ccc21. The molecule has 6 nitrogen and oxygen atoms in total. The molecular formula is C22H23ClN4O2S. The Morgan fingerprint density at radius 3 is 2.57 bits per heavy atom. The molecule has 156 valence electrons. The highest BCUT2D eigenvalue weighted by molar-refractivity contribution is 7.16. The van der Waals surface area contributed by atoms with Crippen LogP contribution in [0.2, 0.25) is 5.02 Å². The molecule has 0 aliphatic carbocycles. The van der Waals surface area contributed by atoms with Crippen molar-refractivity contribution in [1.29, 1.82) is 0 Å². The number of nitrogens with one attached hydrogen (secondary N) is 1. The average molecular weight is 443 g/mol. The van der Waals surface area contributed by atoms with E-state index < -0.39 is 0 Å². The first-order valence-electron chi connectivity index (χ1n) is 10.3. The van der Waals surface area contributed by atoms with Crippen molar-refractivity contribution in [3.05, 3.63) is 67.6 Å². The number of aromatic nitrogens is 3. The number of imidazole rings is 1. The Hall–Kier alpha value is -2.35. The Bertz CT molecular complexity index is 1330. The lowest BCUT2D eigenvalue weighted by molar-refractivity contribution is 0.363. The Morgan fingerprint density at radius 1 is 0.967 bits per heavy atom. The molecule has 0 saturated carbocycles. The van der Waals surface area contributed by atoms with Crippen molar-refractivity contribution < 1.29 is 0 Å². The Kier molecular flexibility index (Phi) is 5.26. The Morgan fingerprint density at radius 2 is 1.73 bits per heavy atom. The molecule has 2 aromatic heterocycles. The van der Waals surface area contributed by atoms with Gasteiger partial charge in [-0.25, -0.2) is 4.79 Å². The molecule has 1 aliphatic heterocycles. The largest absolute Gasteiger partial charge is 0.329 e. The van der Waals surface area contributed by atoms with Crippen molar-refractivity contribution in [2.75, 3.05) is 13.1 Å². The summed E-state index contributed by atoms with van der Waals surface area (Å²) >= 11 is 7.53. The van der Waals surface area contributed by atoms with E-state index in [0.29, 0.717) is 24.5 Å². The van der Waals surface area contributed by atoms with Crippen molar-refractivity contribution >= 4 is 44.2 Å². The molecule has 3 heterocycles. The molecule has 0 spiro atoms. The highest BCUT2D eigenvalue weighted by Crippen LogP contribution is 2.26. The topological polar surface area (TPSA) is 61.0 Å². The van der Waals surface area contributed by atoms with Gasteiger partial charge < -0.3 is 5.32 Å². The van der Waals surface area contributed by atoms with Gasteiger partial charge in [-0.15, -0.1) is 0 Å². The summed E-state index contributed by atoms with van der Waals surface area (Å²) in [4.78, 5) is 25.8. The van der Waals surface area contributed by atoms with Crippen LogP contribution in [-0.2, 0) is 13.1 Å². The van der Waals surface area contributed by atoms with Gasteiger partial charge in [-0.1, -0.05) is 35.1 Å². The Labute approximate surface area is 182 Å². The number of halogens is 1. The van der Waals surface area contributed by atoms with E-state index in [9.17, 15) is 9.59 Å². The smallest absolute Gasteiger partial charge is 0.317 e. The number of piperidine rings is 1. The van der Waals surface area contributed by atoms with E-state index in [1.54, 1.807) is 0 Å². The maximum atomic E-state index is 13.4. The number of hydrogen-bond acceptors (Lipinski definition) is 4. The first-order valence-corrected chi connectivity index (χ1v) is 11.5. The third kappa shape index (κ3) is 3.41. The van der Waals surface area contributed by atoms with Crippen molar-refractivity contribution in [2.45, 2.75) is 38.4 Å². The van der Waals surface area contributed by atoms with Crippen LogP contribution < -0.4 is 15.9 Å². The van der Waals surface area contributed by atoms with Crippen molar-refractivity contribution in [3.8, 4) is 0 Å². The fraction of sp³-hybridized carbons (Fsp3) is 0.364. The van der Waals surface area contributed by atoms with Gasteiger partial charge >= 0.3 is 10.6 Å². The second-order valence-electron chi connectivity index (χ2n) is 7.76. The maximum Gasteiger partial charge on any atom is 0.329 e. The molecular weight excluding hydrogens is 420 g/mol. The number of hydrogen-bond donors (Lipinski definition) is 1. The predicted molar refractivity (Wildman–Crippen MR) is 123 cm³/mol. The number of nitrogens with zero attached hydrogens (tertiary/aromatic N) is 3. The van der Waals surface area contributed by atoms with Crippen LogP contribution in [0.4, 0.5) is 0 Å². The lowest BCUT2D eigenvalue weighted by Gasteiger charge is -2.23. The minimum atomic E-state index is 0.0155. The zero-order valence-corrected chi connectivity index (χ0v) is 18.1. The van der Waals surface area contributed by atoms with Crippen LogP contribution >= 0.6 is 22.9 Å². The van der Waals surface area contributed by atoms with Gasteiger partial charge in [-0.3, -0.25) is 18.5 Å². The molecule has 30 heavy (non-hydrogen) atoms. The van der Waals surface area contributed by atoms with E-state index in [4.69, 9.17) is 11.6 Å². The quantitative estimate of drug-likeness (QED) is 0.510. The van der Waals surface area contributed by atoms with Crippen molar-refractivity contribution in [2.24, 2.45) is 0 Å². The number of benzene rings is 2. The number of para-hydroxylation sites is 1. The van der Waals surface area contributed by atoms with Crippen LogP contribution in [0, 0.1) is 0 Å². The van der Waals surface area contributed by atoms with Gasteiger partial charge in [0.2, 0.25) is 0 Å². The second-order valence-corrected chi connectivity index (χ2v) is 9.19. The number of rotatable bonds is 5. The summed E-state index contributed by atoms with van der Waals surface area (Å²) in [6, 6.07) is 13.7. The summed E-state index contributed by atoms with van der Waals surface area (Å²) in [6.45, 7) is 2.98. The number of fused-ring (bicyclic) bond motifs is 2. The standard InChI is InChI=1S/C22H23ClN4O2S/c23-15-6-7-17-19(14-15)27(16-8-10-24-11-9-16)21(28)25(17)12-3-13-26-18-4-1-2-5-20(18)30-22(26)29/h1-2,4-7,14,16,24H,3,8-13H2. The molecule has 0 amide bonds. The van der Waals surface area contributed by atoms with Gasteiger partial charge in [-0.2, -0.15) is 0 Å². The molecule has 0 radical (unpaired) electrons. The third-order valence-electron chi connectivity index (χ3n) is 5.94. The lowest BCUT2D eigenvalue weighted by Crippen LogP contribution is -2.35. The highest BCUT2D eigenvalue weighted by Gasteiger charge is 2.22. The molecule has 2 aromatic carbocycles. The van der Waals surface area contributed by atoms with E-state index in [2.05, 4.69) is 5.32 Å². The van der Waals surface area contributed by atoms with Crippen LogP contribution in [0.1, 0.15) is 25.3 Å². The summed E-state index contributed by atoms with van der Waals surface area (Å²) in [6.07, 6.45) is 2.57. The van der Waals surface area contributed by atoms with Crippen molar-refractivity contribution in [3.63, 3.8) is 0 Å². The second kappa shape index (κ2) is 8.06. The van der Waals surface area contributed by atoms with Gasteiger partial charge in [0.25, 0.3) is 0 Å². The molecule has 0 bridgehead atoms. The van der Waals surface area contributed by atoms with E-state index in [1.807, 2.05) is 56.2 Å². The number of thiazole rings is 1. The molecule has 0 atom stereocenters. The zero-order chi connectivity index (χ0) is 20.7. The van der Waals surface area contributed by atoms with Crippen LogP contribution in [0.25, 0.3) is 21.3 Å². The average Bonchev–Trinajstić information content (AvgIpc) is 3.22. The van der Waals surface area contributed by atoms with E-state index >= 15 is 0 Å². The summed E-state index contributed by atoms with van der Waals surface area (Å²) < 4.78 is 6.58. The fourth-order valence-electron chi connectivity index (χ4n) is 4.50. The fourth-order valence-corrected chi connectivity index (χ4v) is 5.58. The normalized spacial score (nSPS) is 15.4. The van der Waals surface area contributed by atoms with Crippen LogP contribution in [0.5, 0.6) is 0 Å². The molecule has 4 aromatic rings. The van der Waals surface area contributed by atoms with Gasteiger partial charge in [0, 0.05) is 24.2 Å². The molecule has 0 unspecified atom stereocenters. The van der Waals surface area contributed by atoms with Crippen LogP contribution in [0.3, 0.4) is 0 Å². The summed E-state index contributed by atoms with van der Waals surface area (Å²) in [7, 11) is 0. The van der Waals surface area contributed by atoms with Gasteiger partial charge in [0.05, 0.1) is 21.3 Å². The van der Waals surface area contributed by atoms with Crippen LogP contribution in [0.15, 0.2) is 52.1 Å². The minimum Gasteiger partial charge on any atom is -0.317 e. The molecule has 1 aliphatic rings.